The fourth-order valence-corrected chi connectivity index (χ4v) is 6.01. The van der Waals surface area contributed by atoms with Crippen LogP contribution in [0, 0.1) is 12.8 Å². The molecule has 0 amide bonds. The van der Waals surface area contributed by atoms with E-state index in [1.54, 1.807) is 7.05 Å². The number of aryl methyl sites for hydroxylation is 2. The molecule has 3 aromatic rings. The SMILES string of the molecule is Cc1cc(CN(CC2CCCCC2)C(C)c2ccc3c(c2)CCO3)ccc1OCCn1c(=O)ccn(C)c1=O.O=C(O)O. The lowest BCUT2D eigenvalue weighted by Gasteiger charge is -2.34. The number of fused-ring (bicyclic) bond motifs is 1. The normalized spacial score (nSPS) is 15.3. The second-order valence-electron chi connectivity index (χ2n) is 11.5. The summed E-state index contributed by atoms with van der Waals surface area (Å²) in [6.45, 7) is 7.63. The first-order chi connectivity index (χ1) is 20.6. The fraction of sp³-hybridized carbons (Fsp3) is 0.485. The van der Waals surface area contributed by atoms with E-state index in [0.29, 0.717) is 6.04 Å². The van der Waals surface area contributed by atoms with E-state index in [0.717, 1.165) is 49.1 Å². The smallest absolute Gasteiger partial charge is 0.493 e. The minimum Gasteiger partial charge on any atom is -0.493 e. The monoisotopic (exact) mass is 593 g/mol. The number of hydrogen-bond donors (Lipinski definition) is 2. The second-order valence-corrected chi connectivity index (χ2v) is 11.5. The Morgan fingerprint density at radius 1 is 1.09 bits per heavy atom. The lowest BCUT2D eigenvalue weighted by Crippen LogP contribution is -2.39. The van der Waals surface area contributed by atoms with Crippen molar-refractivity contribution in [3.63, 3.8) is 0 Å². The highest BCUT2D eigenvalue weighted by molar-refractivity contribution is 5.53. The predicted molar refractivity (Wildman–Crippen MR) is 164 cm³/mol. The summed E-state index contributed by atoms with van der Waals surface area (Å²) in [6, 6.07) is 14.8. The summed E-state index contributed by atoms with van der Waals surface area (Å²) in [7, 11) is 1.64. The molecule has 2 heterocycles. The molecule has 1 fully saturated rings. The van der Waals surface area contributed by atoms with Crippen LogP contribution in [-0.4, -0.2) is 50.2 Å². The molecule has 0 spiro atoms. The van der Waals surface area contributed by atoms with Gasteiger partial charge in [0.1, 0.15) is 18.1 Å². The molecule has 1 aromatic heterocycles. The van der Waals surface area contributed by atoms with E-state index in [-0.39, 0.29) is 24.4 Å². The zero-order chi connectivity index (χ0) is 30.9. The Hall–Kier alpha value is -4.05. The molecule has 0 radical (unpaired) electrons. The van der Waals surface area contributed by atoms with Gasteiger partial charge in [0.2, 0.25) is 0 Å². The molecule has 1 unspecified atom stereocenters. The van der Waals surface area contributed by atoms with Gasteiger partial charge in [-0.3, -0.25) is 14.3 Å². The summed E-state index contributed by atoms with van der Waals surface area (Å²) in [5.74, 6) is 2.57. The molecule has 2 aliphatic rings. The number of carboxylic acid groups (broad SMARTS) is 2. The number of nitrogens with zero attached hydrogens (tertiary/aromatic N) is 3. The van der Waals surface area contributed by atoms with Gasteiger partial charge < -0.3 is 24.3 Å². The third kappa shape index (κ3) is 8.73. The molecule has 43 heavy (non-hydrogen) atoms. The second kappa shape index (κ2) is 14.9. The van der Waals surface area contributed by atoms with Gasteiger partial charge in [0.25, 0.3) is 5.56 Å². The molecule has 5 rings (SSSR count). The first-order valence-corrected chi connectivity index (χ1v) is 15.0. The first-order valence-electron chi connectivity index (χ1n) is 15.0. The van der Waals surface area contributed by atoms with Gasteiger partial charge in [-0.2, -0.15) is 0 Å². The van der Waals surface area contributed by atoms with E-state index >= 15 is 0 Å². The summed E-state index contributed by atoms with van der Waals surface area (Å²) in [5.41, 5.74) is 4.36. The van der Waals surface area contributed by atoms with Gasteiger partial charge in [-0.05, 0) is 67.0 Å². The summed E-state index contributed by atoms with van der Waals surface area (Å²) in [4.78, 5) is 35.5. The molecule has 1 aliphatic heterocycles. The summed E-state index contributed by atoms with van der Waals surface area (Å²) in [5, 5.41) is 13.9. The molecule has 10 nitrogen and oxygen atoms in total. The summed E-state index contributed by atoms with van der Waals surface area (Å²) < 4.78 is 14.4. The molecular formula is C33H43N3O7. The van der Waals surface area contributed by atoms with Crippen molar-refractivity contribution in [1.29, 1.82) is 0 Å². The number of ether oxygens (including phenoxy) is 2. The Balaban J connectivity index is 0.000000996. The van der Waals surface area contributed by atoms with Gasteiger partial charge >= 0.3 is 11.8 Å². The quantitative estimate of drug-likeness (QED) is 0.327. The number of rotatable bonds is 10. The molecule has 2 N–H and O–H groups in total. The van der Waals surface area contributed by atoms with Gasteiger partial charge in [-0.15, -0.1) is 0 Å². The lowest BCUT2D eigenvalue weighted by atomic mass is 9.88. The maximum absolute atomic E-state index is 12.3. The number of carbonyl (C=O) groups is 1. The van der Waals surface area contributed by atoms with Crippen LogP contribution in [0.2, 0.25) is 0 Å². The predicted octanol–water partition coefficient (Wildman–Crippen LogP) is 5.24. The lowest BCUT2D eigenvalue weighted by molar-refractivity contribution is 0.137. The summed E-state index contributed by atoms with van der Waals surface area (Å²) >= 11 is 0. The van der Waals surface area contributed by atoms with E-state index in [9.17, 15) is 9.59 Å². The van der Waals surface area contributed by atoms with E-state index < -0.39 is 6.16 Å². The van der Waals surface area contributed by atoms with Crippen LogP contribution in [0.15, 0.2) is 58.3 Å². The molecule has 10 heteroatoms. The van der Waals surface area contributed by atoms with Crippen molar-refractivity contribution in [2.24, 2.45) is 13.0 Å². The Morgan fingerprint density at radius 3 is 2.56 bits per heavy atom. The van der Waals surface area contributed by atoms with Crippen LogP contribution < -0.4 is 20.7 Å². The highest BCUT2D eigenvalue weighted by atomic mass is 16.6. The van der Waals surface area contributed by atoms with Crippen molar-refractivity contribution < 1.29 is 24.5 Å². The Bertz CT molecular complexity index is 1500. The molecule has 1 atom stereocenters. The molecule has 0 saturated heterocycles. The van der Waals surface area contributed by atoms with Crippen molar-refractivity contribution >= 4 is 6.16 Å². The van der Waals surface area contributed by atoms with E-state index in [1.807, 2.05) is 6.07 Å². The first kappa shape index (κ1) is 31.9. The minimum atomic E-state index is -1.83. The van der Waals surface area contributed by atoms with Crippen molar-refractivity contribution in [3.05, 3.63) is 91.8 Å². The van der Waals surface area contributed by atoms with Crippen LogP contribution in [0.1, 0.15) is 67.3 Å². The molecule has 0 bridgehead atoms. The Kier molecular flexibility index (Phi) is 11.1. The van der Waals surface area contributed by atoms with Gasteiger partial charge in [0.15, 0.2) is 0 Å². The maximum Gasteiger partial charge on any atom is 0.503 e. The highest BCUT2D eigenvalue weighted by Gasteiger charge is 2.24. The van der Waals surface area contributed by atoms with Crippen LogP contribution >= 0.6 is 0 Å². The van der Waals surface area contributed by atoms with Gasteiger partial charge in [0, 0.05) is 44.9 Å². The van der Waals surface area contributed by atoms with Gasteiger partial charge in [-0.1, -0.05) is 43.5 Å². The topological polar surface area (TPSA) is 123 Å². The third-order valence-electron chi connectivity index (χ3n) is 8.40. The minimum absolute atomic E-state index is 0.214. The van der Waals surface area contributed by atoms with Crippen molar-refractivity contribution in [2.75, 3.05) is 19.8 Å². The van der Waals surface area contributed by atoms with E-state index in [4.69, 9.17) is 24.5 Å². The Labute approximate surface area is 252 Å². The van der Waals surface area contributed by atoms with Crippen LogP contribution in [-0.2, 0) is 26.6 Å². The van der Waals surface area contributed by atoms with Gasteiger partial charge in [-0.25, -0.2) is 9.59 Å². The van der Waals surface area contributed by atoms with Crippen LogP contribution in [0.3, 0.4) is 0 Å². The number of hydrogen-bond acceptors (Lipinski definition) is 6. The third-order valence-corrected chi connectivity index (χ3v) is 8.40. The average Bonchev–Trinajstić information content (AvgIpc) is 3.45. The van der Waals surface area contributed by atoms with Crippen LogP contribution in [0.5, 0.6) is 11.5 Å². The van der Waals surface area contributed by atoms with Crippen molar-refractivity contribution in [1.82, 2.24) is 14.0 Å². The van der Waals surface area contributed by atoms with Crippen LogP contribution in [0.4, 0.5) is 4.79 Å². The zero-order valence-corrected chi connectivity index (χ0v) is 25.3. The van der Waals surface area contributed by atoms with Crippen LogP contribution in [0.25, 0.3) is 0 Å². The standard InChI is InChI=1S/C32H41N3O4.CH2O3/c1-23-19-26(9-11-29(23)39-18-16-35-31(36)13-15-33(3)32(35)37)22-34(21-25-7-5-4-6-8-25)24(2)27-10-12-30-28(20-27)14-17-38-30;2-1(3)4/h9-13,15,19-20,24-25H,4-8,14,16-18,21-22H2,1-3H3;(H2,2,3,4). The molecule has 1 aliphatic carbocycles. The van der Waals surface area contributed by atoms with Gasteiger partial charge in [0.05, 0.1) is 13.2 Å². The summed E-state index contributed by atoms with van der Waals surface area (Å²) in [6.07, 6.45) is 7.34. The Morgan fingerprint density at radius 2 is 1.84 bits per heavy atom. The van der Waals surface area contributed by atoms with Crippen molar-refractivity contribution in [2.45, 2.75) is 71.5 Å². The molecule has 1 saturated carbocycles. The molecule has 2 aromatic carbocycles. The van der Waals surface area contributed by atoms with Crippen molar-refractivity contribution in [3.8, 4) is 11.5 Å². The van der Waals surface area contributed by atoms with E-state index in [1.165, 1.54) is 70.2 Å². The highest BCUT2D eigenvalue weighted by Crippen LogP contribution is 2.33. The number of aromatic nitrogens is 2. The maximum atomic E-state index is 12.3. The molecular weight excluding hydrogens is 550 g/mol. The average molecular weight is 594 g/mol. The fourth-order valence-electron chi connectivity index (χ4n) is 6.01. The van der Waals surface area contributed by atoms with E-state index in [2.05, 4.69) is 49.1 Å². The zero-order valence-electron chi connectivity index (χ0n) is 25.3. The molecule has 232 valence electrons. The largest absolute Gasteiger partial charge is 0.503 e. The number of benzene rings is 2.